The van der Waals surface area contributed by atoms with Gasteiger partial charge in [0.25, 0.3) is 0 Å². The van der Waals surface area contributed by atoms with Gasteiger partial charge in [-0.05, 0) is 35.1 Å². The van der Waals surface area contributed by atoms with Crippen molar-refractivity contribution in [2.75, 3.05) is 0 Å². The minimum absolute atomic E-state index is 0.214. The molecular formula is C14H19N. The summed E-state index contributed by atoms with van der Waals surface area (Å²) in [5.41, 5.74) is 4.33. The zero-order chi connectivity index (χ0) is 11.1. The van der Waals surface area contributed by atoms with E-state index in [-0.39, 0.29) is 5.41 Å². The Kier molecular flexibility index (Phi) is 2.34. The highest BCUT2D eigenvalue weighted by Gasteiger charge is 2.17. The molecule has 0 fully saturated rings. The summed E-state index contributed by atoms with van der Waals surface area (Å²) in [6.07, 6.45) is 3.12. The number of aryl methyl sites for hydroxylation is 1. The maximum absolute atomic E-state index is 3.31. The molecule has 0 spiro atoms. The van der Waals surface area contributed by atoms with Crippen LogP contribution in [0.2, 0.25) is 0 Å². The Balaban J connectivity index is 2.74. The van der Waals surface area contributed by atoms with Crippen LogP contribution in [0.5, 0.6) is 0 Å². The van der Waals surface area contributed by atoms with E-state index < -0.39 is 0 Å². The maximum atomic E-state index is 3.31. The number of hydrogen-bond acceptors (Lipinski definition) is 0. The van der Waals surface area contributed by atoms with Gasteiger partial charge in [0.15, 0.2) is 0 Å². The smallest absolute Gasteiger partial charge is 0.0459 e. The lowest BCUT2D eigenvalue weighted by Gasteiger charge is -2.21. The third-order valence-corrected chi connectivity index (χ3v) is 2.94. The van der Waals surface area contributed by atoms with Gasteiger partial charge in [-0.3, -0.25) is 0 Å². The van der Waals surface area contributed by atoms with E-state index in [4.69, 9.17) is 0 Å². The molecule has 0 saturated carbocycles. The second-order valence-electron chi connectivity index (χ2n) is 5.19. The number of benzene rings is 1. The lowest BCUT2D eigenvalue weighted by molar-refractivity contribution is 0.595. The highest BCUT2D eigenvalue weighted by Crippen LogP contribution is 2.30. The second kappa shape index (κ2) is 3.41. The molecule has 0 bridgehead atoms. The van der Waals surface area contributed by atoms with E-state index >= 15 is 0 Å². The fraction of sp³-hybridized carbons (Fsp3) is 0.429. The Morgan fingerprint density at radius 1 is 1.20 bits per heavy atom. The first-order chi connectivity index (χ1) is 7.02. The fourth-order valence-electron chi connectivity index (χ4n) is 2.05. The van der Waals surface area contributed by atoms with Gasteiger partial charge in [-0.15, -0.1) is 0 Å². The third kappa shape index (κ3) is 1.79. The van der Waals surface area contributed by atoms with Crippen molar-refractivity contribution in [1.82, 2.24) is 4.98 Å². The van der Waals surface area contributed by atoms with Crippen LogP contribution in [0.25, 0.3) is 10.9 Å². The molecule has 0 aliphatic rings. The summed E-state index contributed by atoms with van der Waals surface area (Å²) in [4.78, 5) is 3.31. The summed E-state index contributed by atoms with van der Waals surface area (Å²) in [5, 5.41) is 1.36. The number of aromatic nitrogens is 1. The van der Waals surface area contributed by atoms with Gasteiger partial charge in [-0.2, -0.15) is 0 Å². The quantitative estimate of drug-likeness (QED) is 0.717. The molecule has 80 valence electrons. The monoisotopic (exact) mass is 201 g/mol. The van der Waals surface area contributed by atoms with Crippen molar-refractivity contribution in [1.29, 1.82) is 0 Å². The van der Waals surface area contributed by atoms with E-state index in [1.807, 2.05) is 6.20 Å². The first-order valence-electron chi connectivity index (χ1n) is 5.63. The standard InChI is InChI=1S/C14H19N/c1-5-10-8-12(14(2,3)4)11-6-7-15-13(11)9-10/h6-9,15H,5H2,1-4H3. The van der Waals surface area contributed by atoms with Crippen LogP contribution in [0, 0.1) is 0 Å². The molecule has 0 radical (unpaired) electrons. The fourth-order valence-corrected chi connectivity index (χ4v) is 2.05. The van der Waals surface area contributed by atoms with Gasteiger partial charge in [0.05, 0.1) is 0 Å². The van der Waals surface area contributed by atoms with Gasteiger partial charge in [0.2, 0.25) is 0 Å². The highest BCUT2D eigenvalue weighted by atomic mass is 14.7. The number of hydrogen-bond donors (Lipinski definition) is 1. The van der Waals surface area contributed by atoms with Crippen LogP contribution in [0.1, 0.15) is 38.8 Å². The molecule has 0 atom stereocenters. The molecule has 0 aliphatic carbocycles. The van der Waals surface area contributed by atoms with Crippen LogP contribution in [0.15, 0.2) is 24.4 Å². The maximum Gasteiger partial charge on any atom is 0.0459 e. The minimum Gasteiger partial charge on any atom is -0.361 e. The number of fused-ring (bicyclic) bond motifs is 1. The van der Waals surface area contributed by atoms with E-state index in [1.54, 1.807) is 0 Å². The molecular weight excluding hydrogens is 182 g/mol. The van der Waals surface area contributed by atoms with E-state index in [0.717, 1.165) is 6.42 Å². The second-order valence-corrected chi connectivity index (χ2v) is 5.19. The Morgan fingerprint density at radius 2 is 1.93 bits per heavy atom. The van der Waals surface area contributed by atoms with Crippen molar-refractivity contribution < 1.29 is 0 Å². The summed E-state index contributed by atoms with van der Waals surface area (Å²) in [5.74, 6) is 0. The van der Waals surface area contributed by atoms with Crippen molar-refractivity contribution in [2.45, 2.75) is 39.5 Å². The molecule has 2 rings (SSSR count). The van der Waals surface area contributed by atoms with Crippen molar-refractivity contribution in [2.24, 2.45) is 0 Å². The highest BCUT2D eigenvalue weighted by molar-refractivity contribution is 5.84. The number of H-pyrrole nitrogens is 1. The van der Waals surface area contributed by atoms with Gasteiger partial charge in [-0.1, -0.05) is 33.8 Å². The number of aromatic amines is 1. The molecule has 15 heavy (non-hydrogen) atoms. The summed E-state index contributed by atoms with van der Waals surface area (Å²) < 4.78 is 0. The molecule has 0 amide bonds. The van der Waals surface area contributed by atoms with Crippen LogP contribution in [-0.2, 0) is 11.8 Å². The van der Waals surface area contributed by atoms with Crippen molar-refractivity contribution in [3.05, 3.63) is 35.5 Å². The molecule has 1 N–H and O–H groups in total. The first kappa shape index (κ1) is 10.3. The summed E-state index contributed by atoms with van der Waals surface area (Å²) in [6, 6.07) is 6.77. The van der Waals surface area contributed by atoms with Crippen molar-refractivity contribution in [3.63, 3.8) is 0 Å². The lowest BCUT2D eigenvalue weighted by Crippen LogP contribution is -2.11. The Hall–Kier alpha value is -1.24. The molecule has 1 aromatic heterocycles. The largest absolute Gasteiger partial charge is 0.361 e. The van der Waals surface area contributed by atoms with Gasteiger partial charge < -0.3 is 4.98 Å². The van der Waals surface area contributed by atoms with Gasteiger partial charge >= 0.3 is 0 Å². The van der Waals surface area contributed by atoms with Crippen molar-refractivity contribution >= 4 is 10.9 Å². The van der Waals surface area contributed by atoms with Crippen LogP contribution in [-0.4, -0.2) is 4.98 Å². The molecule has 0 aliphatic heterocycles. The van der Waals surface area contributed by atoms with E-state index in [0.29, 0.717) is 0 Å². The van der Waals surface area contributed by atoms with E-state index in [2.05, 4.69) is 50.9 Å². The zero-order valence-electron chi connectivity index (χ0n) is 10.0. The predicted molar refractivity (Wildman–Crippen MR) is 66.4 cm³/mol. The summed E-state index contributed by atoms with van der Waals surface area (Å²) in [6.45, 7) is 9.02. The summed E-state index contributed by atoms with van der Waals surface area (Å²) in [7, 11) is 0. The molecule has 1 heteroatoms. The molecule has 1 heterocycles. The first-order valence-corrected chi connectivity index (χ1v) is 5.63. The molecule has 1 aromatic carbocycles. The SMILES string of the molecule is CCc1cc(C(C)(C)C)c2cc[nH]c2c1. The number of rotatable bonds is 1. The van der Waals surface area contributed by atoms with E-state index in [9.17, 15) is 0 Å². The third-order valence-electron chi connectivity index (χ3n) is 2.94. The molecule has 0 unspecified atom stereocenters. The van der Waals surface area contributed by atoms with Gasteiger partial charge in [0, 0.05) is 17.1 Å². The normalized spacial score (nSPS) is 12.3. The molecule has 1 nitrogen and oxygen atoms in total. The Bertz CT molecular complexity index is 472. The van der Waals surface area contributed by atoms with Crippen LogP contribution < -0.4 is 0 Å². The van der Waals surface area contributed by atoms with Gasteiger partial charge in [0.1, 0.15) is 0 Å². The van der Waals surface area contributed by atoms with Crippen molar-refractivity contribution in [3.8, 4) is 0 Å². The van der Waals surface area contributed by atoms with Gasteiger partial charge in [-0.25, -0.2) is 0 Å². The van der Waals surface area contributed by atoms with Crippen LogP contribution in [0.4, 0.5) is 0 Å². The lowest BCUT2D eigenvalue weighted by atomic mass is 9.83. The average molecular weight is 201 g/mol. The van der Waals surface area contributed by atoms with E-state index in [1.165, 1.54) is 22.0 Å². The molecule has 2 aromatic rings. The average Bonchev–Trinajstić information content (AvgIpc) is 2.61. The zero-order valence-corrected chi connectivity index (χ0v) is 10.0. The molecule has 0 saturated heterocycles. The van der Waals surface area contributed by atoms with Crippen LogP contribution in [0.3, 0.4) is 0 Å². The van der Waals surface area contributed by atoms with Crippen LogP contribution >= 0.6 is 0 Å². The number of nitrogens with one attached hydrogen (secondary N) is 1. The Morgan fingerprint density at radius 3 is 2.53 bits per heavy atom. The minimum atomic E-state index is 0.214. The predicted octanol–water partition coefficient (Wildman–Crippen LogP) is 4.03. The topological polar surface area (TPSA) is 15.8 Å². The Labute approximate surface area is 91.5 Å². The summed E-state index contributed by atoms with van der Waals surface area (Å²) >= 11 is 0.